The second-order valence-corrected chi connectivity index (χ2v) is 24.7. The number of carboxylic acids is 1. The van der Waals surface area contributed by atoms with Gasteiger partial charge < -0.3 is 44.2 Å². The summed E-state index contributed by atoms with van der Waals surface area (Å²) >= 11 is 0. The fourth-order valence-electron chi connectivity index (χ4n) is 11.3. The number of para-hydroxylation sites is 2. The van der Waals surface area contributed by atoms with E-state index in [1.807, 2.05) is 100 Å². The molecule has 0 fully saturated rings. The number of nitrogens with one attached hydrogen (secondary N) is 2. The van der Waals surface area contributed by atoms with Crippen LogP contribution in [0, 0.1) is 33.6 Å². The summed E-state index contributed by atoms with van der Waals surface area (Å²) < 4.78 is 83.4. The van der Waals surface area contributed by atoms with Gasteiger partial charge in [-0.25, -0.2) is 16.8 Å². The normalized spacial score (nSPS) is 18.7. The molecule has 6 aromatic rings. The third kappa shape index (κ3) is 10.6. The van der Waals surface area contributed by atoms with Gasteiger partial charge in [-0.1, -0.05) is 48.5 Å². The second-order valence-electron chi connectivity index (χ2n) is 20.2. The average molecular weight is 1040 g/mol. The van der Waals surface area contributed by atoms with E-state index in [0.717, 1.165) is 89.6 Å². The van der Waals surface area contributed by atoms with Crippen molar-refractivity contribution < 1.29 is 55.2 Å². The molecule has 4 atom stereocenters. The summed E-state index contributed by atoms with van der Waals surface area (Å²) in [6, 6.07) is 31.8. The van der Waals surface area contributed by atoms with Crippen molar-refractivity contribution in [2.24, 2.45) is 5.92 Å². The number of ether oxygens (including phenoxy) is 6. The number of sulfone groups is 2. The van der Waals surface area contributed by atoms with Gasteiger partial charge in [0.25, 0.3) is 0 Å². The van der Waals surface area contributed by atoms with Crippen molar-refractivity contribution in [2.45, 2.75) is 64.5 Å². The van der Waals surface area contributed by atoms with Crippen LogP contribution in [-0.2, 0) is 24.5 Å². The highest BCUT2D eigenvalue weighted by Gasteiger charge is 2.45. The number of aryl methyl sites for hydroxylation is 4. The van der Waals surface area contributed by atoms with E-state index in [1.165, 1.54) is 12.5 Å². The Labute approximate surface area is 433 Å². The molecule has 10 rings (SSSR count). The number of hydrogen-bond donors (Lipinski definition) is 3. The Morgan fingerprint density at radius 2 is 0.973 bits per heavy atom. The minimum absolute atomic E-state index is 0.0816. The van der Waals surface area contributed by atoms with Gasteiger partial charge in [0.15, 0.2) is 0 Å². The Hall–Kier alpha value is -6.91. The lowest BCUT2D eigenvalue weighted by Gasteiger charge is -2.24. The van der Waals surface area contributed by atoms with E-state index in [2.05, 4.69) is 34.9 Å². The maximum absolute atomic E-state index is 13.3. The van der Waals surface area contributed by atoms with E-state index in [9.17, 15) is 26.7 Å². The van der Waals surface area contributed by atoms with Crippen molar-refractivity contribution in [1.29, 1.82) is 0 Å². The molecule has 0 spiro atoms. The molecule has 3 N–H and O–H groups in total. The molecule has 4 aliphatic heterocycles. The SMILES string of the molecule is Cc1cc(OCCCS(C)(=O)=O)cc(C)c1-c1cccc2c1OCC2Nc1ccc2c(c1)OCC2C(C(=O)O)C1COc2cc(NC3COc4c(-c5c(C)cc(OCCCS(C)(=O)=O)cc5C)cccc43)ccc21. The van der Waals surface area contributed by atoms with Crippen LogP contribution in [0.25, 0.3) is 22.3 Å². The van der Waals surface area contributed by atoms with Gasteiger partial charge in [-0.05, 0) is 110 Å². The van der Waals surface area contributed by atoms with Crippen LogP contribution in [-0.4, -0.2) is 91.6 Å². The molecule has 0 aliphatic carbocycles. The molecule has 16 heteroatoms. The zero-order valence-corrected chi connectivity index (χ0v) is 44.1. The Bertz CT molecular complexity index is 3130. The minimum atomic E-state index is -3.05. The van der Waals surface area contributed by atoms with Crippen LogP contribution in [0.3, 0.4) is 0 Å². The first-order valence-corrected chi connectivity index (χ1v) is 29.2. The van der Waals surface area contributed by atoms with Crippen molar-refractivity contribution >= 4 is 37.0 Å². The number of hydrogen-bond acceptors (Lipinski definition) is 13. The predicted octanol–water partition coefficient (Wildman–Crippen LogP) is 10.3. The first-order chi connectivity index (χ1) is 35.4. The van der Waals surface area contributed by atoms with Gasteiger partial charge in [0.05, 0.1) is 55.9 Å². The van der Waals surface area contributed by atoms with Crippen LogP contribution in [0.15, 0.2) is 97.1 Å². The molecule has 0 bridgehead atoms. The third-order valence-corrected chi connectivity index (χ3v) is 16.6. The highest BCUT2D eigenvalue weighted by Crippen LogP contribution is 2.51. The summed E-state index contributed by atoms with van der Waals surface area (Å²) in [4.78, 5) is 13.3. The number of carbonyl (C=O) groups is 1. The van der Waals surface area contributed by atoms with Gasteiger partial charge in [0, 0.05) is 81.2 Å². The van der Waals surface area contributed by atoms with Crippen molar-refractivity contribution in [2.75, 3.05) is 74.3 Å². The summed E-state index contributed by atoms with van der Waals surface area (Å²) in [6.45, 7) is 10.1. The highest BCUT2D eigenvalue weighted by atomic mass is 32.2. The number of carboxylic acid groups (broad SMARTS) is 1. The summed E-state index contributed by atoms with van der Waals surface area (Å²) in [5.74, 6) is 2.00. The fourth-order valence-corrected chi connectivity index (χ4v) is 12.6. The van der Waals surface area contributed by atoms with Crippen LogP contribution in [0.4, 0.5) is 11.4 Å². The fraction of sp³-hybridized carbons (Fsp3) is 0.362. The molecule has 4 heterocycles. The van der Waals surface area contributed by atoms with Crippen LogP contribution >= 0.6 is 0 Å². The molecule has 14 nitrogen and oxygen atoms in total. The monoisotopic (exact) mass is 1040 g/mol. The van der Waals surface area contributed by atoms with Gasteiger partial charge in [0.1, 0.15) is 67.4 Å². The molecule has 0 radical (unpaired) electrons. The van der Waals surface area contributed by atoms with Crippen LogP contribution in [0.2, 0.25) is 0 Å². The Balaban J connectivity index is 0.798. The van der Waals surface area contributed by atoms with Crippen LogP contribution < -0.4 is 39.1 Å². The summed E-state index contributed by atoms with van der Waals surface area (Å²) in [6.07, 6.45) is 3.31. The van der Waals surface area contributed by atoms with Crippen LogP contribution in [0.1, 0.15) is 81.3 Å². The molecule has 4 aliphatic rings. The maximum Gasteiger partial charge on any atom is 0.308 e. The van der Waals surface area contributed by atoms with E-state index in [1.54, 1.807) is 0 Å². The van der Waals surface area contributed by atoms with E-state index in [0.29, 0.717) is 62.3 Å². The molecular formula is C58H62N2O12S2. The van der Waals surface area contributed by atoms with E-state index < -0.39 is 43.4 Å². The standard InChI is InChI=1S/C58H62N2O12S2/c1-33-23-39(67-19-9-21-73(5,63)64)24-34(2)53(33)45-13-7-11-43-49(31-71-56(43)45)59-37-15-17-41-47(29-69-51(41)27-37)55(58(61)62)48-30-70-52-28-38(16-18-42(48)52)60-50-32-72-57-44(50)12-8-14-46(57)54-35(3)25-40(26-36(54)4)68-20-10-22-74(6,65)66/h7-8,11-18,23-28,47-50,55,59-60H,9-10,19-22,29-32H2,1-6H3,(H,61,62). The molecule has 4 unspecified atom stereocenters. The first-order valence-electron chi connectivity index (χ1n) is 25.0. The van der Waals surface area contributed by atoms with Crippen molar-refractivity contribution in [1.82, 2.24) is 0 Å². The van der Waals surface area contributed by atoms with E-state index >= 15 is 0 Å². The molecule has 0 aromatic heterocycles. The maximum atomic E-state index is 13.3. The number of rotatable bonds is 19. The van der Waals surface area contributed by atoms with Gasteiger partial charge in [0.2, 0.25) is 0 Å². The Morgan fingerprint density at radius 3 is 1.35 bits per heavy atom. The Kier molecular flexibility index (Phi) is 14.0. The van der Waals surface area contributed by atoms with E-state index in [4.69, 9.17) is 28.4 Å². The largest absolute Gasteiger partial charge is 0.494 e. The van der Waals surface area contributed by atoms with Crippen molar-refractivity contribution in [3.8, 4) is 56.8 Å². The third-order valence-electron chi connectivity index (χ3n) is 14.5. The molecular weight excluding hydrogens is 981 g/mol. The summed E-state index contributed by atoms with van der Waals surface area (Å²) in [5.41, 5.74) is 13.6. The van der Waals surface area contributed by atoms with Gasteiger partial charge in [-0.15, -0.1) is 0 Å². The highest BCUT2D eigenvalue weighted by molar-refractivity contribution is 7.90. The van der Waals surface area contributed by atoms with Gasteiger partial charge >= 0.3 is 5.97 Å². The molecule has 6 aromatic carbocycles. The lowest BCUT2D eigenvalue weighted by Crippen LogP contribution is -2.30. The predicted molar refractivity (Wildman–Crippen MR) is 287 cm³/mol. The van der Waals surface area contributed by atoms with Gasteiger partial charge in [-0.2, -0.15) is 0 Å². The number of aliphatic carboxylic acids is 1. The molecule has 0 saturated carbocycles. The smallest absolute Gasteiger partial charge is 0.308 e. The summed E-state index contributed by atoms with van der Waals surface area (Å²) in [5, 5.41) is 18.1. The molecule has 388 valence electrons. The second kappa shape index (κ2) is 20.4. The van der Waals surface area contributed by atoms with Crippen molar-refractivity contribution in [3.05, 3.63) is 142 Å². The molecule has 0 amide bonds. The van der Waals surface area contributed by atoms with E-state index in [-0.39, 0.29) is 36.8 Å². The first kappa shape index (κ1) is 50.6. The van der Waals surface area contributed by atoms with Crippen molar-refractivity contribution in [3.63, 3.8) is 0 Å². The van der Waals surface area contributed by atoms with Crippen LogP contribution in [0.5, 0.6) is 34.5 Å². The average Bonchev–Trinajstić information content (AvgIpc) is 4.15. The number of benzene rings is 6. The number of anilines is 2. The zero-order valence-electron chi connectivity index (χ0n) is 42.4. The van der Waals surface area contributed by atoms with Gasteiger partial charge in [-0.3, -0.25) is 4.79 Å². The quantitative estimate of drug-likeness (QED) is 0.0651. The summed E-state index contributed by atoms with van der Waals surface area (Å²) in [7, 11) is -6.10. The molecule has 74 heavy (non-hydrogen) atoms. The lowest BCUT2D eigenvalue weighted by atomic mass is 9.76. The minimum Gasteiger partial charge on any atom is -0.494 e. The topological polar surface area (TPSA) is 185 Å². The zero-order chi connectivity index (χ0) is 52.1. The molecule has 0 saturated heterocycles. The lowest BCUT2D eigenvalue weighted by molar-refractivity contribution is -0.143. The Morgan fingerprint density at radius 1 is 0.568 bits per heavy atom. The number of fused-ring (bicyclic) bond motifs is 4.